The molecule has 0 aliphatic heterocycles. The zero-order valence-corrected chi connectivity index (χ0v) is 18.7. The van der Waals surface area contributed by atoms with Crippen LogP contribution in [0.25, 0.3) is 0 Å². The molecule has 0 aliphatic carbocycles. The predicted octanol–water partition coefficient (Wildman–Crippen LogP) is 5.53. The molecule has 2 N–H and O–H groups in total. The fraction of sp³-hybridized carbons (Fsp3) is 0.240. The van der Waals surface area contributed by atoms with E-state index in [9.17, 15) is 4.79 Å². The molecule has 0 fully saturated rings. The maximum atomic E-state index is 12.2. The van der Waals surface area contributed by atoms with E-state index < -0.39 is 0 Å². The molecule has 0 aromatic heterocycles. The molecule has 5 nitrogen and oxygen atoms in total. The van der Waals surface area contributed by atoms with Gasteiger partial charge in [-0.05, 0) is 49.2 Å². The number of benzene rings is 3. The standard InChI is InChI=1S/C25H27ClN2O3/c1-17-9-11-21(12-10-17)28-24(29)16-31-25-22(26)13-19(14-23(25)30-3)15-27-18(2)20-7-5-4-6-8-20/h4-14,18,27H,15-16H2,1-3H3,(H,28,29)/t18-/m1/s1. The number of aryl methyl sites for hydroxylation is 1. The third-order valence-electron chi connectivity index (χ3n) is 4.88. The lowest BCUT2D eigenvalue weighted by Crippen LogP contribution is -2.20. The maximum absolute atomic E-state index is 12.2. The summed E-state index contributed by atoms with van der Waals surface area (Å²) in [4.78, 5) is 12.2. The lowest BCUT2D eigenvalue weighted by atomic mass is 10.1. The van der Waals surface area contributed by atoms with Crippen LogP contribution in [0, 0.1) is 6.92 Å². The number of carbonyl (C=O) groups is 1. The Morgan fingerprint density at radius 2 is 1.77 bits per heavy atom. The normalized spacial score (nSPS) is 11.6. The third-order valence-corrected chi connectivity index (χ3v) is 5.16. The number of hydrogen-bond donors (Lipinski definition) is 2. The summed E-state index contributed by atoms with van der Waals surface area (Å²) in [5, 5.41) is 6.67. The number of amides is 1. The van der Waals surface area contributed by atoms with E-state index in [1.54, 1.807) is 7.11 Å². The maximum Gasteiger partial charge on any atom is 0.262 e. The van der Waals surface area contributed by atoms with Crippen LogP contribution in [0.5, 0.6) is 11.5 Å². The highest BCUT2D eigenvalue weighted by Crippen LogP contribution is 2.36. The van der Waals surface area contributed by atoms with Gasteiger partial charge in [0.2, 0.25) is 0 Å². The number of rotatable bonds is 9. The van der Waals surface area contributed by atoms with Crippen LogP contribution < -0.4 is 20.1 Å². The van der Waals surface area contributed by atoms with Crippen molar-refractivity contribution < 1.29 is 14.3 Å². The minimum atomic E-state index is -0.274. The molecular formula is C25H27ClN2O3. The summed E-state index contributed by atoms with van der Waals surface area (Å²) in [5.41, 5.74) is 4.01. The largest absolute Gasteiger partial charge is 0.493 e. The first kappa shape index (κ1) is 22.7. The van der Waals surface area contributed by atoms with Gasteiger partial charge in [-0.3, -0.25) is 4.79 Å². The van der Waals surface area contributed by atoms with Gasteiger partial charge in [0.1, 0.15) is 0 Å². The monoisotopic (exact) mass is 438 g/mol. The first-order valence-electron chi connectivity index (χ1n) is 10.1. The molecule has 0 unspecified atom stereocenters. The van der Waals surface area contributed by atoms with Gasteiger partial charge in [-0.1, -0.05) is 59.6 Å². The topological polar surface area (TPSA) is 59.6 Å². The highest BCUT2D eigenvalue weighted by Gasteiger charge is 2.15. The third kappa shape index (κ3) is 6.48. The summed E-state index contributed by atoms with van der Waals surface area (Å²) in [5.74, 6) is 0.562. The van der Waals surface area contributed by atoms with Crippen LogP contribution in [0.15, 0.2) is 66.7 Å². The highest BCUT2D eigenvalue weighted by molar-refractivity contribution is 6.32. The van der Waals surface area contributed by atoms with Gasteiger partial charge in [-0.15, -0.1) is 0 Å². The molecular weight excluding hydrogens is 412 g/mol. The van der Waals surface area contributed by atoms with E-state index in [0.29, 0.717) is 28.8 Å². The number of hydrogen-bond acceptors (Lipinski definition) is 4. The summed E-state index contributed by atoms with van der Waals surface area (Å²) in [6.07, 6.45) is 0. The van der Waals surface area contributed by atoms with Crippen molar-refractivity contribution in [2.24, 2.45) is 0 Å². The molecule has 3 rings (SSSR count). The van der Waals surface area contributed by atoms with Crippen LogP contribution in [0.4, 0.5) is 5.69 Å². The van der Waals surface area contributed by atoms with Gasteiger partial charge in [-0.25, -0.2) is 0 Å². The van der Waals surface area contributed by atoms with Crippen molar-refractivity contribution in [1.82, 2.24) is 5.32 Å². The highest BCUT2D eigenvalue weighted by atomic mass is 35.5. The van der Waals surface area contributed by atoms with Crippen LogP contribution in [0.3, 0.4) is 0 Å². The van der Waals surface area contributed by atoms with E-state index >= 15 is 0 Å². The molecule has 0 spiro atoms. The van der Waals surface area contributed by atoms with Crippen molar-refractivity contribution in [3.8, 4) is 11.5 Å². The Balaban J connectivity index is 1.60. The van der Waals surface area contributed by atoms with Gasteiger partial charge in [-0.2, -0.15) is 0 Å². The Labute approximate surface area is 188 Å². The number of ether oxygens (including phenoxy) is 2. The zero-order valence-electron chi connectivity index (χ0n) is 17.9. The molecule has 0 aliphatic rings. The van der Waals surface area contributed by atoms with Crippen molar-refractivity contribution in [2.75, 3.05) is 19.0 Å². The summed E-state index contributed by atoms with van der Waals surface area (Å²) in [7, 11) is 1.55. The van der Waals surface area contributed by atoms with E-state index in [4.69, 9.17) is 21.1 Å². The average molecular weight is 439 g/mol. The van der Waals surface area contributed by atoms with Crippen molar-refractivity contribution in [3.05, 3.63) is 88.4 Å². The quantitative estimate of drug-likeness (QED) is 0.461. The lowest BCUT2D eigenvalue weighted by Gasteiger charge is -2.17. The summed E-state index contributed by atoms with van der Waals surface area (Å²) >= 11 is 6.44. The van der Waals surface area contributed by atoms with E-state index in [1.807, 2.05) is 61.5 Å². The van der Waals surface area contributed by atoms with E-state index in [2.05, 4.69) is 29.7 Å². The van der Waals surface area contributed by atoms with Gasteiger partial charge in [0.25, 0.3) is 5.91 Å². The zero-order chi connectivity index (χ0) is 22.2. The summed E-state index contributed by atoms with van der Waals surface area (Å²) < 4.78 is 11.1. The van der Waals surface area contributed by atoms with E-state index in [-0.39, 0.29) is 18.6 Å². The lowest BCUT2D eigenvalue weighted by molar-refractivity contribution is -0.118. The molecule has 3 aromatic carbocycles. The fourth-order valence-corrected chi connectivity index (χ4v) is 3.41. The molecule has 0 saturated carbocycles. The van der Waals surface area contributed by atoms with Crippen LogP contribution in [-0.4, -0.2) is 19.6 Å². The van der Waals surface area contributed by atoms with Gasteiger partial charge >= 0.3 is 0 Å². The average Bonchev–Trinajstić information content (AvgIpc) is 2.78. The van der Waals surface area contributed by atoms with E-state index in [0.717, 1.165) is 11.1 Å². The molecule has 0 radical (unpaired) electrons. The fourth-order valence-electron chi connectivity index (χ4n) is 3.12. The first-order valence-corrected chi connectivity index (χ1v) is 10.5. The molecule has 31 heavy (non-hydrogen) atoms. The van der Waals surface area contributed by atoms with Gasteiger partial charge in [0.05, 0.1) is 12.1 Å². The number of nitrogens with one attached hydrogen (secondary N) is 2. The number of methoxy groups -OCH3 is 1. The van der Waals surface area contributed by atoms with Gasteiger partial charge in [0.15, 0.2) is 18.1 Å². The predicted molar refractivity (Wildman–Crippen MR) is 125 cm³/mol. The second-order valence-corrected chi connectivity index (χ2v) is 7.73. The van der Waals surface area contributed by atoms with Crippen LogP contribution in [0.1, 0.15) is 29.7 Å². The van der Waals surface area contributed by atoms with Crippen molar-refractivity contribution in [1.29, 1.82) is 0 Å². The SMILES string of the molecule is COc1cc(CN[C@H](C)c2ccccc2)cc(Cl)c1OCC(=O)Nc1ccc(C)cc1. The molecule has 6 heteroatoms. The van der Waals surface area contributed by atoms with Crippen LogP contribution in [-0.2, 0) is 11.3 Å². The Bertz CT molecular complexity index is 1010. The first-order chi connectivity index (χ1) is 15.0. The van der Waals surface area contributed by atoms with Gasteiger partial charge in [0, 0.05) is 18.3 Å². The second kappa shape index (κ2) is 10.8. The molecule has 162 valence electrons. The number of carbonyl (C=O) groups excluding carboxylic acids is 1. The molecule has 0 bridgehead atoms. The smallest absolute Gasteiger partial charge is 0.262 e. The van der Waals surface area contributed by atoms with Crippen molar-refractivity contribution in [2.45, 2.75) is 26.4 Å². The Morgan fingerprint density at radius 3 is 2.45 bits per heavy atom. The molecule has 1 amide bonds. The molecule has 1 atom stereocenters. The summed E-state index contributed by atoms with van der Waals surface area (Å²) in [6, 6.07) is 21.7. The van der Waals surface area contributed by atoms with Crippen molar-refractivity contribution >= 4 is 23.2 Å². The van der Waals surface area contributed by atoms with Crippen molar-refractivity contribution in [3.63, 3.8) is 0 Å². The molecule has 0 saturated heterocycles. The number of anilines is 1. The molecule has 0 heterocycles. The van der Waals surface area contributed by atoms with E-state index in [1.165, 1.54) is 5.56 Å². The second-order valence-electron chi connectivity index (χ2n) is 7.33. The van der Waals surface area contributed by atoms with Crippen LogP contribution >= 0.6 is 11.6 Å². The Hall–Kier alpha value is -3.02. The Morgan fingerprint density at radius 1 is 1.06 bits per heavy atom. The minimum Gasteiger partial charge on any atom is -0.493 e. The van der Waals surface area contributed by atoms with Crippen LogP contribution in [0.2, 0.25) is 5.02 Å². The van der Waals surface area contributed by atoms with Gasteiger partial charge < -0.3 is 20.1 Å². The minimum absolute atomic E-state index is 0.174. The molecule has 3 aromatic rings. The Kier molecular flexibility index (Phi) is 7.93. The number of halogens is 1. The summed E-state index contributed by atoms with van der Waals surface area (Å²) in [6.45, 7) is 4.54.